The first-order valence-electron chi connectivity index (χ1n) is 6.92. The van der Waals surface area contributed by atoms with Gasteiger partial charge in [-0.15, -0.1) is 17.9 Å². The van der Waals surface area contributed by atoms with Crippen molar-refractivity contribution in [3.05, 3.63) is 47.1 Å². The minimum absolute atomic E-state index is 0.177. The quantitative estimate of drug-likeness (QED) is 0.762. The number of methoxy groups -OCH3 is 1. The highest BCUT2D eigenvalue weighted by Crippen LogP contribution is 2.33. The molecule has 1 aromatic heterocycles. The molecular formula is C16H21FN2OS. The maximum absolute atomic E-state index is 14.2. The summed E-state index contributed by atoms with van der Waals surface area (Å²) in [5, 5.41) is 0.703. The molecule has 0 saturated carbocycles. The number of ether oxygens (including phenoxy) is 1. The van der Waals surface area contributed by atoms with E-state index in [-0.39, 0.29) is 5.82 Å². The van der Waals surface area contributed by atoms with Crippen molar-refractivity contribution in [1.29, 1.82) is 0 Å². The number of nitrogens with two attached hydrogens (primary N) is 1. The van der Waals surface area contributed by atoms with Crippen LogP contribution < -0.4 is 5.73 Å². The SMILES string of the molecule is C=CCN(CCOC)Cc1c(CN)sc2cccc(F)c12. The van der Waals surface area contributed by atoms with E-state index in [1.807, 2.05) is 12.1 Å². The summed E-state index contributed by atoms with van der Waals surface area (Å²) in [6.45, 7) is 7.01. The first-order chi connectivity index (χ1) is 10.2. The van der Waals surface area contributed by atoms with Gasteiger partial charge in [0.1, 0.15) is 5.82 Å². The Labute approximate surface area is 128 Å². The fourth-order valence-corrected chi connectivity index (χ4v) is 3.52. The average molecular weight is 308 g/mol. The number of nitrogens with zero attached hydrogens (tertiary/aromatic N) is 1. The lowest BCUT2D eigenvalue weighted by molar-refractivity contribution is 0.151. The zero-order valence-corrected chi connectivity index (χ0v) is 13.1. The van der Waals surface area contributed by atoms with Crippen LogP contribution in [0.25, 0.3) is 10.1 Å². The van der Waals surface area contributed by atoms with Crippen LogP contribution in [-0.4, -0.2) is 31.7 Å². The van der Waals surface area contributed by atoms with E-state index in [1.165, 1.54) is 6.07 Å². The minimum atomic E-state index is -0.177. The fraction of sp³-hybridized carbons (Fsp3) is 0.375. The number of benzene rings is 1. The number of thiophene rings is 1. The summed E-state index contributed by atoms with van der Waals surface area (Å²) in [6.07, 6.45) is 1.85. The van der Waals surface area contributed by atoms with Crippen molar-refractivity contribution >= 4 is 21.4 Å². The molecule has 0 aliphatic rings. The summed E-state index contributed by atoms with van der Waals surface area (Å²) in [5.41, 5.74) is 6.83. The topological polar surface area (TPSA) is 38.5 Å². The van der Waals surface area contributed by atoms with Gasteiger partial charge in [-0.05, 0) is 17.7 Å². The monoisotopic (exact) mass is 308 g/mol. The van der Waals surface area contributed by atoms with Gasteiger partial charge in [0, 0.05) is 48.3 Å². The molecule has 5 heteroatoms. The molecule has 0 spiro atoms. The van der Waals surface area contributed by atoms with Gasteiger partial charge in [-0.1, -0.05) is 12.1 Å². The zero-order valence-electron chi connectivity index (χ0n) is 12.3. The summed E-state index contributed by atoms with van der Waals surface area (Å²) in [6, 6.07) is 5.19. The highest BCUT2D eigenvalue weighted by Gasteiger charge is 2.17. The smallest absolute Gasteiger partial charge is 0.132 e. The molecule has 1 aromatic carbocycles. The van der Waals surface area contributed by atoms with Gasteiger partial charge in [0.25, 0.3) is 0 Å². The second kappa shape index (κ2) is 7.66. The van der Waals surface area contributed by atoms with Crippen molar-refractivity contribution in [3.63, 3.8) is 0 Å². The lowest BCUT2D eigenvalue weighted by Crippen LogP contribution is -2.27. The third-order valence-corrected chi connectivity index (χ3v) is 4.63. The number of hydrogen-bond acceptors (Lipinski definition) is 4. The van der Waals surface area contributed by atoms with E-state index in [4.69, 9.17) is 10.5 Å². The van der Waals surface area contributed by atoms with Gasteiger partial charge in [-0.2, -0.15) is 0 Å². The van der Waals surface area contributed by atoms with Crippen LogP contribution in [0.3, 0.4) is 0 Å². The van der Waals surface area contributed by atoms with Gasteiger partial charge in [0.05, 0.1) is 6.61 Å². The highest BCUT2D eigenvalue weighted by molar-refractivity contribution is 7.19. The largest absolute Gasteiger partial charge is 0.383 e. The van der Waals surface area contributed by atoms with E-state index < -0.39 is 0 Å². The lowest BCUT2D eigenvalue weighted by atomic mass is 10.1. The molecular weight excluding hydrogens is 287 g/mol. The normalized spacial score (nSPS) is 11.4. The number of hydrogen-bond donors (Lipinski definition) is 1. The van der Waals surface area contributed by atoms with Crippen LogP contribution in [-0.2, 0) is 17.8 Å². The Kier molecular flexibility index (Phi) is 5.87. The summed E-state index contributed by atoms with van der Waals surface area (Å²) in [7, 11) is 1.68. The van der Waals surface area contributed by atoms with Crippen LogP contribution in [0.1, 0.15) is 10.4 Å². The zero-order chi connectivity index (χ0) is 15.2. The summed E-state index contributed by atoms with van der Waals surface area (Å²) >= 11 is 1.57. The van der Waals surface area contributed by atoms with E-state index in [2.05, 4.69) is 11.5 Å². The van der Waals surface area contributed by atoms with Crippen LogP contribution >= 0.6 is 11.3 Å². The highest BCUT2D eigenvalue weighted by atomic mass is 32.1. The van der Waals surface area contributed by atoms with Crippen molar-refractivity contribution in [2.75, 3.05) is 26.8 Å². The van der Waals surface area contributed by atoms with Gasteiger partial charge < -0.3 is 10.5 Å². The predicted octanol–water partition coefficient (Wildman–Crippen LogP) is 3.13. The van der Waals surface area contributed by atoms with Crippen LogP contribution in [0.2, 0.25) is 0 Å². The van der Waals surface area contributed by atoms with Crippen LogP contribution in [0.4, 0.5) is 4.39 Å². The van der Waals surface area contributed by atoms with Gasteiger partial charge in [-0.3, -0.25) is 4.90 Å². The molecule has 2 aromatic rings. The molecule has 0 atom stereocenters. The van der Waals surface area contributed by atoms with Crippen molar-refractivity contribution in [2.24, 2.45) is 5.73 Å². The molecule has 0 fully saturated rings. The molecule has 114 valence electrons. The standard InChI is InChI=1S/C16H21FN2OS/c1-3-7-19(8-9-20-2)11-12-15(10-18)21-14-6-4-5-13(17)16(12)14/h3-6H,1,7-11,18H2,2H3. The first kappa shape index (κ1) is 16.1. The Balaban J connectivity index is 2.36. The molecule has 0 unspecified atom stereocenters. The van der Waals surface area contributed by atoms with Gasteiger partial charge in [0.15, 0.2) is 0 Å². The first-order valence-corrected chi connectivity index (χ1v) is 7.74. The van der Waals surface area contributed by atoms with Crippen LogP contribution in [0.15, 0.2) is 30.9 Å². The molecule has 0 amide bonds. The molecule has 0 bridgehead atoms. The summed E-state index contributed by atoms with van der Waals surface area (Å²) in [5.74, 6) is -0.177. The molecule has 2 rings (SSSR count). The Bertz CT molecular complexity index is 612. The van der Waals surface area contributed by atoms with Crippen molar-refractivity contribution in [2.45, 2.75) is 13.1 Å². The summed E-state index contributed by atoms with van der Waals surface area (Å²) < 4.78 is 20.3. The van der Waals surface area contributed by atoms with E-state index in [0.717, 1.165) is 28.2 Å². The van der Waals surface area contributed by atoms with Crippen molar-refractivity contribution in [3.8, 4) is 0 Å². The lowest BCUT2D eigenvalue weighted by Gasteiger charge is -2.20. The molecule has 0 saturated heterocycles. The van der Waals surface area contributed by atoms with Crippen molar-refractivity contribution in [1.82, 2.24) is 4.90 Å². The molecule has 0 aliphatic heterocycles. The molecule has 3 nitrogen and oxygen atoms in total. The van der Waals surface area contributed by atoms with E-state index in [0.29, 0.717) is 25.1 Å². The second-order valence-electron chi connectivity index (χ2n) is 4.84. The maximum atomic E-state index is 14.2. The Morgan fingerprint density at radius 2 is 2.29 bits per heavy atom. The molecule has 1 heterocycles. The third kappa shape index (κ3) is 3.68. The molecule has 21 heavy (non-hydrogen) atoms. The number of halogens is 1. The van der Waals surface area contributed by atoms with Crippen LogP contribution in [0, 0.1) is 5.82 Å². The van der Waals surface area contributed by atoms with E-state index in [9.17, 15) is 4.39 Å². The molecule has 0 radical (unpaired) electrons. The van der Waals surface area contributed by atoms with Gasteiger partial charge in [-0.25, -0.2) is 4.39 Å². The minimum Gasteiger partial charge on any atom is -0.383 e. The number of rotatable bonds is 8. The second-order valence-corrected chi connectivity index (χ2v) is 5.97. The third-order valence-electron chi connectivity index (χ3n) is 3.41. The molecule has 0 aliphatic carbocycles. The van der Waals surface area contributed by atoms with E-state index in [1.54, 1.807) is 24.5 Å². The van der Waals surface area contributed by atoms with Crippen LogP contribution in [0.5, 0.6) is 0 Å². The average Bonchev–Trinajstić information content (AvgIpc) is 2.84. The van der Waals surface area contributed by atoms with Crippen molar-refractivity contribution < 1.29 is 9.13 Å². The maximum Gasteiger partial charge on any atom is 0.132 e. The number of fused-ring (bicyclic) bond motifs is 1. The van der Waals surface area contributed by atoms with E-state index >= 15 is 0 Å². The Morgan fingerprint density at radius 3 is 2.95 bits per heavy atom. The predicted molar refractivity (Wildman–Crippen MR) is 87.0 cm³/mol. The fourth-order valence-electron chi connectivity index (χ4n) is 2.41. The molecule has 2 N–H and O–H groups in total. The summed E-state index contributed by atoms with van der Waals surface area (Å²) in [4.78, 5) is 3.23. The Morgan fingerprint density at radius 1 is 1.48 bits per heavy atom. The van der Waals surface area contributed by atoms with Gasteiger partial charge >= 0.3 is 0 Å². The van der Waals surface area contributed by atoms with Gasteiger partial charge in [0.2, 0.25) is 0 Å². The Hall–Kier alpha value is -1.27.